The quantitative estimate of drug-likeness (QED) is 0.187. The van der Waals surface area contributed by atoms with Gasteiger partial charge in [0.05, 0.1) is 19.8 Å². The molecule has 7 heteroatoms. The standard InChI is InChI=1S/C9H13NO6/c10-7-16-9(13)2-1-8(12)15-6-5-14-4-3-11/h1-2,7,10-11H,3-6H2/b2-1+,10-7?. The van der Waals surface area contributed by atoms with Gasteiger partial charge in [0.2, 0.25) is 0 Å². The summed E-state index contributed by atoms with van der Waals surface area (Å²) in [6, 6.07) is 0. The van der Waals surface area contributed by atoms with Crippen molar-refractivity contribution >= 4 is 18.3 Å². The maximum atomic E-state index is 10.9. The molecule has 90 valence electrons. The Kier molecular flexibility index (Phi) is 8.75. The molecule has 0 radical (unpaired) electrons. The summed E-state index contributed by atoms with van der Waals surface area (Å²) in [4.78, 5) is 21.5. The van der Waals surface area contributed by atoms with Crippen molar-refractivity contribution in [2.45, 2.75) is 0 Å². The number of hydrogen-bond donors (Lipinski definition) is 2. The van der Waals surface area contributed by atoms with Gasteiger partial charge >= 0.3 is 11.9 Å². The van der Waals surface area contributed by atoms with Crippen LogP contribution in [0.3, 0.4) is 0 Å². The van der Waals surface area contributed by atoms with Crippen LogP contribution >= 0.6 is 0 Å². The molecule has 0 amide bonds. The Morgan fingerprint density at radius 1 is 1.12 bits per heavy atom. The Balaban J connectivity index is 3.57. The minimum atomic E-state index is -0.830. The molecule has 0 rings (SSSR count). The first kappa shape index (κ1) is 14.3. The summed E-state index contributed by atoms with van der Waals surface area (Å²) in [5, 5.41) is 14.8. The number of carbonyl (C=O) groups is 2. The van der Waals surface area contributed by atoms with Gasteiger partial charge in [-0.1, -0.05) is 0 Å². The van der Waals surface area contributed by atoms with Gasteiger partial charge in [-0.2, -0.15) is 0 Å². The van der Waals surface area contributed by atoms with Gasteiger partial charge in [-0.25, -0.2) is 9.59 Å². The number of hydrogen-bond acceptors (Lipinski definition) is 7. The molecule has 0 fully saturated rings. The van der Waals surface area contributed by atoms with Crippen LogP contribution < -0.4 is 0 Å². The molecule has 7 nitrogen and oxygen atoms in total. The van der Waals surface area contributed by atoms with Crippen LogP contribution in [0.2, 0.25) is 0 Å². The van der Waals surface area contributed by atoms with E-state index in [1.165, 1.54) is 0 Å². The first-order valence-corrected chi connectivity index (χ1v) is 4.43. The van der Waals surface area contributed by atoms with Crippen LogP contribution in [0.4, 0.5) is 0 Å². The van der Waals surface area contributed by atoms with Gasteiger partial charge in [0.15, 0.2) is 6.40 Å². The maximum Gasteiger partial charge on any atom is 0.337 e. The summed E-state index contributed by atoms with van der Waals surface area (Å²) in [7, 11) is 0. The van der Waals surface area contributed by atoms with Crippen LogP contribution in [-0.4, -0.2) is 49.9 Å². The predicted octanol–water partition coefficient (Wildman–Crippen LogP) is -0.755. The van der Waals surface area contributed by atoms with E-state index in [-0.39, 0.29) is 26.4 Å². The summed E-state index contributed by atoms with van der Waals surface area (Å²) in [5.74, 6) is -1.54. The number of aliphatic hydroxyl groups is 1. The van der Waals surface area contributed by atoms with Crippen molar-refractivity contribution in [3.8, 4) is 0 Å². The molecule has 0 aliphatic heterocycles. The van der Waals surface area contributed by atoms with Crippen LogP contribution in [0.25, 0.3) is 0 Å². The smallest absolute Gasteiger partial charge is 0.337 e. The molecule has 0 unspecified atom stereocenters. The fraction of sp³-hybridized carbons (Fsp3) is 0.444. The van der Waals surface area contributed by atoms with Crippen molar-refractivity contribution < 1.29 is 28.9 Å². The van der Waals surface area contributed by atoms with Gasteiger partial charge in [-0.3, -0.25) is 5.41 Å². The van der Waals surface area contributed by atoms with E-state index < -0.39 is 11.9 Å². The van der Waals surface area contributed by atoms with Crippen LogP contribution in [-0.2, 0) is 23.8 Å². The SMILES string of the molecule is N=COC(=O)/C=C/C(=O)OCCOCCO. The van der Waals surface area contributed by atoms with Crippen molar-refractivity contribution in [1.29, 1.82) is 5.41 Å². The molecule has 0 aliphatic rings. The molecule has 0 atom stereocenters. The molecule has 0 spiro atoms. The molecular weight excluding hydrogens is 218 g/mol. The highest BCUT2D eigenvalue weighted by Crippen LogP contribution is 1.85. The van der Waals surface area contributed by atoms with Crippen molar-refractivity contribution in [2.75, 3.05) is 26.4 Å². The molecule has 2 N–H and O–H groups in total. The van der Waals surface area contributed by atoms with Gasteiger partial charge in [0, 0.05) is 12.2 Å². The normalized spacial score (nSPS) is 10.1. The molecule has 0 heterocycles. The molecule has 16 heavy (non-hydrogen) atoms. The average Bonchev–Trinajstić information content (AvgIpc) is 2.26. The zero-order valence-corrected chi connectivity index (χ0v) is 8.55. The monoisotopic (exact) mass is 231 g/mol. The summed E-state index contributed by atoms with van der Waals surface area (Å²) in [6.07, 6.45) is 2.20. The fourth-order valence-corrected chi connectivity index (χ4v) is 0.649. The van der Waals surface area contributed by atoms with E-state index in [4.69, 9.17) is 15.3 Å². The lowest BCUT2D eigenvalue weighted by molar-refractivity contribution is -0.140. The molecule has 0 saturated heterocycles. The number of nitrogens with one attached hydrogen (secondary N) is 1. The van der Waals surface area contributed by atoms with E-state index in [9.17, 15) is 9.59 Å². The first-order chi connectivity index (χ1) is 7.70. The fourth-order valence-electron chi connectivity index (χ4n) is 0.649. The Morgan fingerprint density at radius 2 is 1.81 bits per heavy atom. The average molecular weight is 231 g/mol. The van der Waals surface area contributed by atoms with E-state index in [0.717, 1.165) is 12.2 Å². The van der Waals surface area contributed by atoms with E-state index in [2.05, 4.69) is 9.47 Å². The zero-order chi connectivity index (χ0) is 12.2. The van der Waals surface area contributed by atoms with Crippen molar-refractivity contribution in [1.82, 2.24) is 0 Å². The van der Waals surface area contributed by atoms with Crippen molar-refractivity contribution in [3.63, 3.8) is 0 Å². The van der Waals surface area contributed by atoms with Crippen LogP contribution in [0.5, 0.6) is 0 Å². The van der Waals surface area contributed by atoms with Crippen molar-refractivity contribution in [3.05, 3.63) is 12.2 Å². The van der Waals surface area contributed by atoms with E-state index in [1.807, 2.05) is 0 Å². The summed E-state index contributed by atoms with van der Waals surface area (Å²) >= 11 is 0. The highest BCUT2D eigenvalue weighted by Gasteiger charge is 1.99. The highest BCUT2D eigenvalue weighted by molar-refractivity contribution is 5.93. The molecular formula is C9H13NO6. The Morgan fingerprint density at radius 3 is 2.44 bits per heavy atom. The Labute approximate surface area is 92.1 Å². The predicted molar refractivity (Wildman–Crippen MR) is 52.9 cm³/mol. The number of ether oxygens (including phenoxy) is 3. The van der Waals surface area contributed by atoms with Crippen molar-refractivity contribution in [2.24, 2.45) is 0 Å². The molecule has 0 aromatic carbocycles. The lowest BCUT2D eigenvalue weighted by atomic mass is 10.5. The Hall–Kier alpha value is -1.73. The zero-order valence-electron chi connectivity index (χ0n) is 8.55. The van der Waals surface area contributed by atoms with Gasteiger partial charge in [-0.15, -0.1) is 0 Å². The minimum Gasteiger partial charge on any atom is -0.460 e. The second-order valence-electron chi connectivity index (χ2n) is 2.39. The van der Waals surface area contributed by atoms with Gasteiger partial charge in [0.25, 0.3) is 0 Å². The van der Waals surface area contributed by atoms with Crippen LogP contribution in [0.1, 0.15) is 0 Å². The second kappa shape index (κ2) is 9.81. The summed E-state index contributed by atoms with van der Waals surface area (Å²) in [5.41, 5.74) is 0. The third kappa shape index (κ3) is 8.85. The molecule has 0 saturated carbocycles. The minimum absolute atomic E-state index is 0.0305. The molecule has 0 aromatic heterocycles. The Bertz CT molecular complexity index is 263. The van der Waals surface area contributed by atoms with Gasteiger partial charge in [-0.05, 0) is 0 Å². The number of rotatable bonds is 8. The lowest BCUT2D eigenvalue weighted by Crippen LogP contribution is -2.10. The third-order valence-corrected chi connectivity index (χ3v) is 1.24. The number of aliphatic hydroxyl groups excluding tert-OH is 1. The molecule has 0 aromatic rings. The molecule has 0 bridgehead atoms. The second-order valence-corrected chi connectivity index (χ2v) is 2.39. The molecule has 0 aliphatic carbocycles. The van der Waals surface area contributed by atoms with E-state index >= 15 is 0 Å². The summed E-state index contributed by atoms with van der Waals surface area (Å²) < 4.78 is 13.6. The third-order valence-electron chi connectivity index (χ3n) is 1.24. The van der Waals surface area contributed by atoms with Gasteiger partial charge < -0.3 is 19.3 Å². The topological polar surface area (TPSA) is 106 Å². The highest BCUT2D eigenvalue weighted by atomic mass is 16.6. The lowest BCUT2D eigenvalue weighted by Gasteiger charge is -2.02. The maximum absolute atomic E-state index is 10.9. The summed E-state index contributed by atoms with van der Waals surface area (Å²) in [6.45, 7) is 0.288. The number of esters is 2. The van der Waals surface area contributed by atoms with Crippen LogP contribution in [0, 0.1) is 5.41 Å². The van der Waals surface area contributed by atoms with Crippen LogP contribution in [0.15, 0.2) is 12.2 Å². The number of carbonyl (C=O) groups excluding carboxylic acids is 2. The van der Waals surface area contributed by atoms with E-state index in [1.54, 1.807) is 0 Å². The first-order valence-electron chi connectivity index (χ1n) is 4.43. The van der Waals surface area contributed by atoms with E-state index in [0.29, 0.717) is 6.40 Å². The largest absolute Gasteiger partial charge is 0.460 e. The van der Waals surface area contributed by atoms with Gasteiger partial charge in [0.1, 0.15) is 6.61 Å².